The molecule has 0 spiro atoms. The largest absolute Gasteiger partial charge is 0.458 e. The Hall–Kier alpha value is -2.65. The van der Waals surface area contributed by atoms with Crippen LogP contribution in [0.1, 0.15) is 40.5 Å². The van der Waals surface area contributed by atoms with Crippen LogP contribution in [0.15, 0.2) is 0 Å². The van der Waals surface area contributed by atoms with Gasteiger partial charge in [0.15, 0.2) is 0 Å². The van der Waals surface area contributed by atoms with E-state index in [-0.39, 0.29) is 12.8 Å². The maximum Gasteiger partial charge on any atom is 0.329 e. The van der Waals surface area contributed by atoms with Crippen molar-refractivity contribution in [3.8, 4) is 0 Å². The molecule has 2 unspecified atom stereocenters. The number of primary amides is 1. The summed E-state index contributed by atoms with van der Waals surface area (Å²) >= 11 is 0. The Morgan fingerprint density at radius 3 is 2.28 bits per heavy atom. The minimum absolute atomic E-state index is 0.0208. The number of carbonyl (C=O) groups is 5. The van der Waals surface area contributed by atoms with Crippen molar-refractivity contribution >= 4 is 30.1 Å². The summed E-state index contributed by atoms with van der Waals surface area (Å²) in [5, 5.41) is 6.94. The second kappa shape index (κ2) is 10.3. The Kier molecular flexibility index (Phi) is 9.18. The molecule has 0 heterocycles. The molecule has 0 aromatic heterocycles. The van der Waals surface area contributed by atoms with Crippen LogP contribution in [-0.2, 0) is 28.7 Å². The minimum Gasteiger partial charge on any atom is -0.458 e. The van der Waals surface area contributed by atoms with E-state index in [1.54, 1.807) is 20.8 Å². The molecule has 0 aliphatic carbocycles. The SMILES string of the molecule is CC(NC=O)C(=O)NCC(=O)NC(CCC(N)=O)C(=O)OC(C)(C)C. The Morgan fingerprint density at radius 2 is 1.80 bits per heavy atom. The summed E-state index contributed by atoms with van der Waals surface area (Å²) in [4.78, 5) is 56.8. The number of hydrogen-bond acceptors (Lipinski definition) is 6. The van der Waals surface area contributed by atoms with E-state index >= 15 is 0 Å². The zero-order valence-corrected chi connectivity index (χ0v) is 14.9. The Bertz CT molecular complexity index is 515. The van der Waals surface area contributed by atoms with Gasteiger partial charge >= 0.3 is 5.97 Å². The van der Waals surface area contributed by atoms with Gasteiger partial charge in [-0.15, -0.1) is 0 Å². The molecule has 0 aromatic rings. The third kappa shape index (κ3) is 10.7. The van der Waals surface area contributed by atoms with E-state index in [4.69, 9.17) is 10.5 Å². The standard InChI is InChI=1S/C15H26N4O6/c1-9(18-8-20)13(23)17-7-12(22)19-10(5-6-11(16)21)14(24)25-15(2,3)4/h8-10H,5-7H2,1-4H3,(H2,16,21)(H,17,23)(H,18,20)(H,19,22). The number of nitrogens with two attached hydrogens (primary N) is 1. The second-order valence-corrected chi connectivity index (χ2v) is 6.38. The monoisotopic (exact) mass is 358 g/mol. The predicted molar refractivity (Wildman–Crippen MR) is 87.9 cm³/mol. The molecule has 2 atom stereocenters. The molecule has 142 valence electrons. The number of hydrogen-bond donors (Lipinski definition) is 4. The molecule has 0 saturated heterocycles. The number of esters is 1. The fourth-order valence-electron chi connectivity index (χ4n) is 1.65. The van der Waals surface area contributed by atoms with E-state index < -0.39 is 47.9 Å². The first-order valence-corrected chi connectivity index (χ1v) is 7.74. The van der Waals surface area contributed by atoms with Gasteiger partial charge in [-0.25, -0.2) is 4.79 Å². The first kappa shape index (κ1) is 22.4. The third-order valence-corrected chi connectivity index (χ3v) is 2.84. The first-order chi connectivity index (χ1) is 11.5. The number of amides is 4. The van der Waals surface area contributed by atoms with Crippen LogP contribution in [0.25, 0.3) is 0 Å². The van der Waals surface area contributed by atoms with Crippen molar-refractivity contribution in [1.29, 1.82) is 0 Å². The van der Waals surface area contributed by atoms with Crippen molar-refractivity contribution in [2.75, 3.05) is 6.54 Å². The zero-order chi connectivity index (χ0) is 19.6. The lowest BCUT2D eigenvalue weighted by Crippen LogP contribution is -2.50. The predicted octanol–water partition coefficient (Wildman–Crippen LogP) is -1.67. The van der Waals surface area contributed by atoms with Crippen LogP contribution in [0.3, 0.4) is 0 Å². The summed E-state index contributed by atoms with van der Waals surface area (Å²) in [6.45, 7) is 6.04. The van der Waals surface area contributed by atoms with Gasteiger partial charge in [0.1, 0.15) is 17.7 Å². The Balaban J connectivity index is 4.68. The molecule has 4 amide bonds. The van der Waals surface area contributed by atoms with Crippen LogP contribution in [0, 0.1) is 0 Å². The summed E-state index contributed by atoms with van der Waals surface area (Å²) in [5.41, 5.74) is 4.30. The van der Waals surface area contributed by atoms with E-state index in [9.17, 15) is 24.0 Å². The molecular weight excluding hydrogens is 332 g/mol. The van der Waals surface area contributed by atoms with Gasteiger partial charge in [-0.3, -0.25) is 19.2 Å². The third-order valence-electron chi connectivity index (χ3n) is 2.84. The topological polar surface area (TPSA) is 157 Å². The van der Waals surface area contributed by atoms with E-state index in [2.05, 4.69) is 16.0 Å². The molecule has 25 heavy (non-hydrogen) atoms. The summed E-state index contributed by atoms with van der Waals surface area (Å²) < 4.78 is 5.19. The van der Waals surface area contributed by atoms with Gasteiger partial charge in [-0.1, -0.05) is 0 Å². The van der Waals surface area contributed by atoms with Gasteiger partial charge in [0, 0.05) is 6.42 Å². The lowest BCUT2D eigenvalue weighted by molar-refractivity contribution is -0.158. The maximum absolute atomic E-state index is 12.1. The van der Waals surface area contributed by atoms with Crippen LogP contribution >= 0.6 is 0 Å². The summed E-state index contributed by atoms with van der Waals surface area (Å²) in [6.07, 6.45) is 0.233. The molecule has 0 rings (SSSR count). The number of rotatable bonds is 10. The maximum atomic E-state index is 12.1. The van der Waals surface area contributed by atoms with Gasteiger partial charge in [0.2, 0.25) is 24.1 Å². The number of nitrogens with one attached hydrogen (secondary N) is 3. The lowest BCUT2D eigenvalue weighted by atomic mass is 10.1. The van der Waals surface area contributed by atoms with E-state index in [0.29, 0.717) is 6.41 Å². The summed E-state index contributed by atoms with van der Waals surface area (Å²) in [6, 6.07) is -1.87. The van der Waals surface area contributed by atoms with Crippen molar-refractivity contribution in [3.05, 3.63) is 0 Å². The highest BCUT2D eigenvalue weighted by molar-refractivity contribution is 5.90. The summed E-state index contributed by atoms with van der Waals surface area (Å²) in [7, 11) is 0. The van der Waals surface area contributed by atoms with Crippen LogP contribution in [-0.4, -0.2) is 54.3 Å². The highest BCUT2D eigenvalue weighted by Gasteiger charge is 2.27. The van der Waals surface area contributed by atoms with E-state index in [1.807, 2.05) is 0 Å². The van der Waals surface area contributed by atoms with Crippen molar-refractivity contribution in [1.82, 2.24) is 16.0 Å². The van der Waals surface area contributed by atoms with Crippen molar-refractivity contribution in [3.63, 3.8) is 0 Å². The van der Waals surface area contributed by atoms with Crippen molar-refractivity contribution in [2.45, 2.75) is 58.2 Å². The van der Waals surface area contributed by atoms with Gasteiger partial charge in [-0.05, 0) is 34.1 Å². The molecule has 0 fully saturated rings. The average Bonchev–Trinajstić information content (AvgIpc) is 2.47. The molecule has 10 nitrogen and oxygen atoms in total. The molecule has 0 saturated carbocycles. The van der Waals surface area contributed by atoms with Gasteiger partial charge < -0.3 is 26.4 Å². The number of carbonyl (C=O) groups excluding carboxylic acids is 5. The molecule has 0 aliphatic heterocycles. The average molecular weight is 358 g/mol. The van der Waals surface area contributed by atoms with Gasteiger partial charge in [0.05, 0.1) is 6.54 Å². The van der Waals surface area contributed by atoms with Gasteiger partial charge in [-0.2, -0.15) is 0 Å². The molecule has 0 aliphatic rings. The Morgan fingerprint density at radius 1 is 1.20 bits per heavy atom. The Labute approximate surface area is 146 Å². The van der Waals surface area contributed by atoms with E-state index in [1.165, 1.54) is 6.92 Å². The van der Waals surface area contributed by atoms with Crippen LogP contribution < -0.4 is 21.7 Å². The molecular formula is C15H26N4O6. The minimum atomic E-state index is -1.07. The van der Waals surface area contributed by atoms with E-state index in [0.717, 1.165) is 0 Å². The fourth-order valence-corrected chi connectivity index (χ4v) is 1.65. The normalized spacial score (nSPS) is 13.1. The second-order valence-electron chi connectivity index (χ2n) is 6.38. The van der Waals surface area contributed by atoms with Crippen molar-refractivity contribution in [2.24, 2.45) is 5.73 Å². The highest BCUT2D eigenvalue weighted by atomic mass is 16.6. The summed E-state index contributed by atoms with van der Waals surface area (Å²) in [5.74, 6) is -2.53. The lowest BCUT2D eigenvalue weighted by Gasteiger charge is -2.24. The molecule has 5 N–H and O–H groups in total. The fraction of sp³-hybridized carbons (Fsp3) is 0.667. The highest BCUT2D eigenvalue weighted by Crippen LogP contribution is 2.10. The van der Waals surface area contributed by atoms with Gasteiger partial charge in [0.25, 0.3) is 0 Å². The van der Waals surface area contributed by atoms with Crippen LogP contribution in [0.4, 0.5) is 0 Å². The smallest absolute Gasteiger partial charge is 0.329 e. The zero-order valence-electron chi connectivity index (χ0n) is 14.9. The molecule has 0 radical (unpaired) electrons. The quantitative estimate of drug-likeness (QED) is 0.270. The molecule has 10 heteroatoms. The molecule has 0 aromatic carbocycles. The first-order valence-electron chi connectivity index (χ1n) is 7.74. The number of ether oxygens (including phenoxy) is 1. The van der Waals surface area contributed by atoms with Crippen LogP contribution in [0.2, 0.25) is 0 Å². The van der Waals surface area contributed by atoms with Crippen LogP contribution in [0.5, 0.6) is 0 Å². The molecule has 0 bridgehead atoms. The van der Waals surface area contributed by atoms with Crippen molar-refractivity contribution < 1.29 is 28.7 Å².